The molecule has 2 aromatic heterocycles. The Kier molecular flexibility index (Phi) is 1.62. The number of aromatic nitrogens is 3. The summed E-state index contributed by atoms with van der Waals surface area (Å²) in [5.41, 5.74) is 2.76. The average Bonchev–Trinajstić information content (AvgIpc) is 2.46. The van der Waals surface area contributed by atoms with Gasteiger partial charge in [-0.15, -0.1) is 0 Å². The van der Waals surface area contributed by atoms with Crippen LogP contribution >= 0.6 is 0 Å². The first-order valence-corrected chi connectivity index (χ1v) is 4.01. The van der Waals surface area contributed by atoms with Gasteiger partial charge in [0.05, 0.1) is 5.52 Å². The zero-order chi connectivity index (χ0) is 9.42. The van der Waals surface area contributed by atoms with Gasteiger partial charge in [-0.25, -0.2) is 4.98 Å². The molecular weight excluding hydrogens is 166 g/mol. The minimum Gasteiger partial charge on any atom is -0.293 e. The minimum absolute atomic E-state index is 0.0654. The third-order valence-corrected chi connectivity index (χ3v) is 1.88. The van der Waals surface area contributed by atoms with E-state index in [0.717, 1.165) is 11.2 Å². The molecule has 0 radical (unpaired) electrons. The second kappa shape index (κ2) is 2.65. The van der Waals surface area contributed by atoms with Gasteiger partial charge >= 0.3 is 0 Å². The summed E-state index contributed by atoms with van der Waals surface area (Å²) >= 11 is 0. The summed E-state index contributed by atoms with van der Waals surface area (Å²) in [5.74, 6) is -0.0654. The number of nitrogens with one attached hydrogen (secondary N) is 1. The van der Waals surface area contributed by atoms with Crippen LogP contribution in [0.25, 0.3) is 11.0 Å². The van der Waals surface area contributed by atoms with E-state index in [9.17, 15) is 4.79 Å². The highest BCUT2D eigenvalue weighted by molar-refractivity contribution is 6.02. The molecule has 0 bridgehead atoms. The van der Waals surface area contributed by atoms with Gasteiger partial charge in [0.2, 0.25) is 0 Å². The Morgan fingerprint density at radius 1 is 1.46 bits per heavy atom. The number of aromatic amines is 1. The molecule has 0 unspecified atom stereocenters. The number of fused-ring (bicyclic) bond motifs is 1. The van der Waals surface area contributed by atoms with Gasteiger partial charge in [-0.1, -0.05) is 0 Å². The molecule has 0 amide bonds. The lowest BCUT2D eigenvalue weighted by Gasteiger charge is -1.92. The molecule has 0 fully saturated rings. The van der Waals surface area contributed by atoms with Gasteiger partial charge in [-0.05, 0) is 19.1 Å². The second-order valence-electron chi connectivity index (χ2n) is 2.98. The highest BCUT2D eigenvalue weighted by Gasteiger charge is 2.10. The molecule has 0 aliphatic heterocycles. The standard InChI is InChI=1S/C9H9N3O/c1-5-3-4-7-9(10-5)8(6(2)13)12-11-7/h3-4H,1-2H3,(H,11,12). The number of aryl methyl sites for hydroxylation is 1. The third kappa shape index (κ3) is 1.20. The first-order valence-electron chi connectivity index (χ1n) is 4.01. The summed E-state index contributed by atoms with van der Waals surface area (Å²) < 4.78 is 0. The Balaban J connectivity index is 2.79. The van der Waals surface area contributed by atoms with Crippen molar-refractivity contribution in [2.75, 3.05) is 0 Å². The van der Waals surface area contributed by atoms with Gasteiger partial charge in [-0.2, -0.15) is 5.10 Å². The topological polar surface area (TPSA) is 58.6 Å². The smallest absolute Gasteiger partial charge is 0.182 e. The maximum atomic E-state index is 11.1. The van der Waals surface area contributed by atoms with Crippen molar-refractivity contribution in [2.45, 2.75) is 13.8 Å². The van der Waals surface area contributed by atoms with Crippen LogP contribution in [-0.4, -0.2) is 21.0 Å². The number of H-pyrrole nitrogens is 1. The SMILES string of the molecule is CC(=O)c1n[nH]c2ccc(C)nc12. The molecule has 0 saturated heterocycles. The monoisotopic (exact) mass is 175 g/mol. The predicted octanol–water partition coefficient (Wildman–Crippen LogP) is 1.47. The zero-order valence-electron chi connectivity index (χ0n) is 7.46. The molecule has 0 saturated carbocycles. The summed E-state index contributed by atoms with van der Waals surface area (Å²) in [7, 11) is 0. The lowest BCUT2D eigenvalue weighted by molar-refractivity contribution is 0.101. The fourth-order valence-electron chi connectivity index (χ4n) is 1.24. The van der Waals surface area contributed by atoms with Crippen LogP contribution in [0.2, 0.25) is 0 Å². The maximum Gasteiger partial charge on any atom is 0.182 e. The summed E-state index contributed by atoms with van der Waals surface area (Å²) in [5, 5.41) is 6.66. The van der Waals surface area contributed by atoms with E-state index in [1.54, 1.807) is 0 Å². The van der Waals surface area contributed by atoms with Gasteiger partial charge in [0, 0.05) is 12.6 Å². The maximum absolute atomic E-state index is 11.1. The van der Waals surface area contributed by atoms with E-state index in [2.05, 4.69) is 15.2 Å². The van der Waals surface area contributed by atoms with Crippen LogP contribution in [0.1, 0.15) is 23.1 Å². The fourth-order valence-corrected chi connectivity index (χ4v) is 1.24. The van der Waals surface area contributed by atoms with Crippen LogP contribution in [0.5, 0.6) is 0 Å². The Bertz CT molecular complexity index is 473. The normalized spacial score (nSPS) is 10.6. The van der Waals surface area contributed by atoms with Gasteiger partial charge in [0.15, 0.2) is 11.5 Å². The van der Waals surface area contributed by atoms with E-state index >= 15 is 0 Å². The highest BCUT2D eigenvalue weighted by atomic mass is 16.1. The van der Waals surface area contributed by atoms with Crippen LogP contribution in [0.15, 0.2) is 12.1 Å². The Labute approximate surface area is 75.0 Å². The van der Waals surface area contributed by atoms with Crippen molar-refractivity contribution in [3.8, 4) is 0 Å². The first kappa shape index (κ1) is 7.91. The third-order valence-electron chi connectivity index (χ3n) is 1.88. The predicted molar refractivity (Wildman–Crippen MR) is 48.6 cm³/mol. The molecule has 2 rings (SSSR count). The summed E-state index contributed by atoms with van der Waals surface area (Å²) in [4.78, 5) is 15.4. The fraction of sp³-hybridized carbons (Fsp3) is 0.222. The summed E-state index contributed by atoms with van der Waals surface area (Å²) in [6, 6.07) is 3.75. The molecule has 4 heteroatoms. The van der Waals surface area contributed by atoms with E-state index in [-0.39, 0.29) is 5.78 Å². The van der Waals surface area contributed by atoms with Gasteiger partial charge in [-0.3, -0.25) is 9.89 Å². The number of carbonyl (C=O) groups excluding carboxylic acids is 1. The van der Waals surface area contributed by atoms with Crippen molar-refractivity contribution in [1.29, 1.82) is 0 Å². The van der Waals surface area contributed by atoms with Gasteiger partial charge in [0.25, 0.3) is 0 Å². The minimum atomic E-state index is -0.0654. The largest absolute Gasteiger partial charge is 0.293 e. The van der Waals surface area contributed by atoms with E-state index in [1.165, 1.54) is 6.92 Å². The summed E-state index contributed by atoms with van der Waals surface area (Å²) in [6.45, 7) is 3.37. The Morgan fingerprint density at radius 2 is 2.23 bits per heavy atom. The summed E-state index contributed by atoms with van der Waals surface area (Å²) in [6.07, 6.45) is 0. The van der Waals surface area contributed by atoms with Crippen LogP contribution in [0, 0.1) is 6.92 Å². The molecule has 13 heavy (non-hydrogen) atoms. The quantitative estimate of drug-likeness (QED) is 0.667. The lowest BCUT2D eigenvalue weighted by atomic mass is 10.2. The van der Waals surface area contributed by atoms with Crippen molar-refractivity contribution in [1.82, 2.24) is 15.2 Å². The molecular formula is C9H9N3O. The zero-order valence-corrected chi connectivity index (χ0v) is 7.46. The van der Waals surface area contributed by atoms with E-state index in [4.69, 9.17) is 0 Å². The number of rotatable bonds is 1. The van der Waals surface area contributed by atoms with E-state index in [0.29, 0.717) is 11.2 Å². The number of Topliss-reactive ketones (excluding diaryl/α,β-unsaturated/α-hetero) is 1. The van der Waals surface area contributed by atoms with Crippen molar-refractivity contribution >= 4 is 16.8 Å². The van der Waals surface area contributed by atoms with E-state index in [1.807, 2.05) is 19.1 Å². The van der Waals surface area contributed by atoms with Crippen molar-refractivity contribution < 1.29 is 4.79 Å². The number of carbonyl (C=O) groups is 1. The molecule has 0 aromatic carbocycles. The van der Waals surface area contributed by atoms with Crippen LogP contribution in [0.4, 0.5) is 0 Å². The van der Waals surface area contributed by atoms with Crippen LogP contribution in [0.3, 0.4) is 0 Å². The van der Waals surface area contributed by atoms with Gasteiger partial charge in [0.1, 0.15) is 5.52 Å². The molecule has 0 aliphatic carbocycles. The van der Waals surface area contributed by atoms with Crippen molar-refractivity contribution in [2.24, 2.45) is 0 Å². The van der Waals surface area contributed by atoms with Crippen molar-refractivity contribution in [3.05, 3.63) is 23.5 Å². The van der Waals surface area contributed by atoms with Crippen molar-refractivity contribution in [3.63, 3.8) is 0 Å². The number of hydrogen-bond donors (Lipinski definition) is 1. The van der Waals surface area contributed by atoms with Crippen LogP contribution in [-0.2, 0) is 0 Å². The average molecular weight is 175 g/mol. The molecule has 66 valence electrons. The second-order valence-corrected chi connectivity index (χ2v) is 2.98. The van der Waals surface area contributed by atoms with E-state index < -0.39 is 0 Å². The number of pyridine rings is 1. The lowest BCUT2D eigenvalue weighted by Crippen LogP contribution is -1.94. The molecule has 4 nitrogen and oxygen atoms in total. The van der Waals surface area contributed by atoms with Crippen LogP contribution < -0.4 is 0 Å². The highest BCUT2D eigenvalue weighted by Crippen LogP contribution is 2.13. The molecule has 0 atom stereocenters. The first-order chi connectivity index (χ1) is 6.18. The Morgan fingerprint density at radius 3 is 2.92 bits per heavy atom. The number of ketones is 1. The molecule has 0 spiro atoms. The number of nitrogens with zero attached hydrogens (tertiary/aromatic N) is 2. The molecule has 2 heterocycles. The van der Waals surface area contributed by atoms with Gasteiger partial charge < -0.3 is 0 Å². The molecule has 0 aliphatic rings. The molecule has 2 aromatic rings. The number of hydrogen-bond acceptors (Lipinski definition) is 3. The molecule has 1 N–H and O–H groups in total. The Hall–Kier alpha value is -1.71.